The molecule has 0 aliphatic carbocycles. The maximum absolute atomic E-state index is 10.4. The van der Waals surface area contributed by atoms with E-state index in [9.17, 15) is 4.79 Å². The van der Waals surface area contributed by atoms with Crippen molar-refractivity contribution < 1.29 is 15.0 Å². The van der Waals surface area contributed by atoms with Gasteiger partial charge in [-0.15, -0.1) is 0 Å². The number of aliphatic hydroxyl groups is 2. The van der Waals surface area contributed by atoms with E-state index < -0.39 is 12.1 Å². The van der Waals surface area contributed by atoms with Gasteiger partial charge in [-0.3, -0.25) is 4.79 Å². The number of nitrogens with one attached hydrogen (secondary N) is 1. The van der Waals surface area contributed by atoms with Crippen LogP contribution in [0.1, 0.15) is 13.8 Å². The third-order valence-electron chi connectivity index (χ3n) is 1.17. The summed E-state index contributed by atoms with van der Waals surface area (Å²) < 4.78 is 0. The second-order valence-electron chi connectivity index (χ2n) is 2.23. The highest BCUT2D eigenvalue weighted by Crippen LogP contribution is 1.89. The van der Waals surface area contributed by atoms with E-state index in [2.05, 4.69) is 5.32 Å². The first-order valence-corrected chi connectivity index (χ1v) is 3.14. The molecule has 0 bridgehead atoms. The highest BCUT2D eigenvalue weighted by molar-refractivity contribution is 5.73. The van der Waals surface area contributed by atoms with Gasteiger partial charge in [0.05, 0.1) is 18.8 Å². The Balaban J connectivity index is 3.71. The largest absolute Gasteiger partial charge is 0.394 e. The molecule has 0 aliphatic heterocycles. The second kappa shape index (κ2) is 4.24. The minimum Gasteiger partial charge on any atom is -0.394 e. The monoisotopic (exact) mass is 147 g/mol. The molecule has 0 radical (unpaired) electrons. The number of carbonyl (C=O) groups excluding carboxylic acids is 1. The quantitative estimate of drug-likeness (QED) is 0.473. The fourth-order valence-corrected chi connectivity index (χ4v) is 0.580. The summed E-state index contributed by atoms with van der Waals surface area (Å²) in [6, 6.07) is -0.544. The molecule has 0 aliphatic rings. The van der Waals surface area contributed by atoms with Gasteiger partial charge in [-0.2, -0.15) is 0 Å². The lowest BCUT2D eigenvalue weighted by molar-refractivity contribution is -0.120. The summed E-state index contributed by atoms with van der Waals surface area (Å²) in [5.41, 5.74) is 0. The van der Waals surface area contributed by atoms with Gasteiger partial charge in [0.25, 0.3) is 0 Å². The van der Waals surface area contributed by atoms with Crippen LogP contribution >= 0.6 is 0 Å². The zero-order chi connectivity index (χ0) is 8.15. The van der Waals surface area contributed by atoms with Crippen molar-refractivity contribution in [3.8, 4) is 0 Å². The van der Waals surface area contributed by atoms with Crippen LogP contribution in [0.25, 0.3) is 0 Å². The van der Waals surface area contributed by atoms with Gasteiger partial charge in [0.2, 0.25) is 5.91 Å². The SMILES string of the molecule is CC(=O)NC(CO)C(C)O. The lowest BCUT2D eigenvalue weighted by Gasteiger charge is -2.17. The molecule has 0 rings (SSSR count). The summed E-state index contributed by atoms with van der Waals surface area (Å²) in [5, 5.41) is 19.8. The summed E-state index contributed by atoms with van der Waals surface area (Å²) in [4.78, 5) is 10.4. The third-order valence-corrected chi connectivity index (χ3v) is 1.17. The first-order valence-electron chi connectivity index (χ1n) is 3.14. The van der Waals surface area contributed by atoms with Crippen molar-refractivity contribution in [1.82, 2.24) is 5.32 Å². The molecule has 0 heterocycles. The van der Waals surface area contributed by atoms with Gasteiger partial charge in [-0.05, 0) is 6.92 Å². The fraction of sp³-hybridized carbons (Fsp3) is 0.833. The third kappa shape index (κ3) is 3.42. The summed E-state index contributed by atoms with van der Waals surface area (Å²) in [7, 11) is 0. The van der Waals surface area contributed by atoms with E-state index in [1.165, 1.54) is 13.8 Å². The Labute approximate surface area is 59.9 Å². The summed E-state index contributed by atoms with van der Waals surface area (Å²) in [5.74, 6) is -0.250. The van der Waals surface area contributed by atoms with Crippen LogP contribution in [-0.2, 0) is 4.79 Å². The van der Waals surface area contributed by atoms with Gasteiger partial charge in [0.15, 0.2) is 0 Å². The topological polar surface area (TPSA) is 69.6 Å². The fourth-order valence-electron chi connectivity index (χ4n) is 0.580. The second-order valence-corrected chi connectivity index (χ2v) is 2.23. The first kappa shape index (κ1) is 9.39. The van der Waals surface area contributed by atoms with Crippen LogP contribution in [0.15, 0.2) is 0 Å². The Morgan fingerprint density at radius 1 is 1.70 bits per heavy atom. The normalized spacial score (nSPS) is 16.0. The molecule has 0 saturated heterocycles. The van der Waals surface area contributed by atoms with Crippen LogP contribution in [0.2, 0.25) is 0 Å². The number of hydrogen-bond acceptors (Lipinski definition) is 3. The van der Waals surface area contributed by atoms with Crippen LogP contribution < -0.4 is 5.32 Å². The van der Waals surface area contributed by atoms with Crippen LogP contribution in [0.4, 0.5) is 0 Å². The van der Waals surface area contributed by atoms with Crippen LogP contribution in [-0.4, -0.2) is 34.9 Å². The smallest absolute Gasteiger partial charge is 0.217 e. The minimum atomic E-state index is -0.714. The standard InChI is InChI=1S/C6H13NO3/c1-4(9)6(3-8)7-5(2)10/h4,6,8-9H,3H2,1-2H3,(H,7,10). The van der Waals surface area contributed by atoms with Crippen molar-refractivity contribution in [3.05, 3.63) is 0 Å². The number of amides is 1. The van der Waals surface area contributed by atoms with Gasteiger partial charge in [-0.25, -0.2) is 0 Å². The molecule has 0 aromatic rings. The molecule has 3 N–H and O–H groups in total. The van der Waals surface area contributed by atoms with Gasteiger partial charge in [0.1, 0.15) is 0 Å². The van der Waals surface area contributed by atoms with Gasteiger partial charge < -0.3 is 15.5 Å². The Bertz CT molecular complexity index is 114. The molecule has 0 fully saturated rings. The maximum Gasteiger partial charge on any atom is 0.217 e. The molecular weight excluding hydrogens is 134 g/mol. The van der Waals surface area contributed by atoms with E-state index >= 15 is 0 Å². The lowest BCUT2D eigenvalue weighted by Crippen LogP contribution is -2.43. The number of carbonyl (C=O) groups is 1. The average Bonchev–Trinajstić information content (AvgIpc) is 1.81. The van der Waals surface area contributed by atoms with Crippen molar-refractivity contribution >= 4 is 5.91 Å². The number of aliphatic hydroxyl groups excluding tert-OH is 2. The Morgan fingerprint density at radius 2 is 2.20 bits per heavy atom. The average molecular weight is 147 g/mol. The highest BCUT2D eigenvalue weighted by Gasteiger charge is 2.13. The predicted molar refractivity (Wildman–Crippen MR) is 36.4 cm³/mol. The van der Waals surface area contributed by atoms with Crippen LogP contribution in [0.3, 0.4) is 0 Å². The summed E-state index contributed by atoms with van der Waals surface area (Å²) >= 11 is 0. The molecule has 4 nitrogen and oxygen atoms in total. The molecule has 60 valence electrons. The van der Waals surface area contributed by atoms with E-state index in [-0.39, 0.29) is 12.5 Å². The van der Waals surface area contributed by atoms with Crippen molar-refractivity contribution in [1.29, 1.82) is 0 Å². The minimum absolute atomic E-state index is 0.239. The zero-order valence-electron chi connectivity index (χ0n) is 6.16. The highest BCUT2D eigenvalue weighted by atomic mass is 16.3. The molecule has 0 aromatic heterocycles. The van der Waals surface area contributed by atoms with E-state index in [0.717, 1.165) is 0 Å². The molecule has 2 unspecified atom stereocenters. The molecule has 4 heteroatoms. The van der Waals surface area contributed by atoms with E-state index in [1.807, 2.05) is 0 Å². The maximum atomic E-state index is 10.4. The van der Waals surface area contributed by atoms with Crippen molar-refractivity contribution in [2.45, 2.75) is 26.0 Å². The Morgan fingerprint density at radius 3 is 2.30 bits per heavy atom. The molecule has 0 spiro atoms. The first-order chi connectivity index (χ1) is 4.57. The molecule has 0 saturated carbocycles. The van der Waals surface area contributed by atoms with Crippen LogP contribution in [0, 0.1) is 0 Å². The van der Waals surface area contributed by atoms with E-state index in [4.69, 9.17) is 10.2 Å². The zero-order valence-corrected chi connectivity index (χ0v) is 6.16. The van der Waals surface area contributed by atoms with Gasteiger partial charge >= 0.3 is 0 Å². The summed E-state index contributed by atoms with van der Waals surface area (Å²) in [6.45, 7) is 2.61. The Kier molecular flexibility index (Phi) is 3.99. The molecule has 0 aromatic carbocycles. The van der Waals surface area contributed by atoms with Crippen molar-refractivity contribution in [2.75, 3.05) is 6.61 Å². The molecule has 1 amide bonds. The van der Waals surface area contributed by atoms with Crippen molar-refractivity contribution in [3.63, 3.8) is 0 Å². The summed E-state index contributed by atoms with van der Waals surface area (Å²) in [6.07, 6.45) is -0.714. The molecule has 10 heavy (non-hydrogen) atoms. The van der Waals surface area contributed by atoms with Gasteiger partial charge in [-0.1, -0.05) is 0 Å². The number of rotatable bonds is 3. The Hall–Kier alpha value is -0.610. The predicted octanol–water partition coefficient (Wildman–Crippen LogP) is -1.14. The number of hydrogen-bond donors (Lipinski definition) is 3. The van der Waals surface area contributed by atoms with Crippen molar-refractivity contribution in [2.24, 2.45) is 0 Å². The molecule has 2 atom stereocenters. The van der Waals surface area contributed by atoms with E-state index in [0.29, 0.717) is 0 Å². The van der Waals surface area contributed by atoms with Crippen LogP contribution in [0.5, 0.6) is 0 Å². The van der Waals surface area contributed by atoms with Gasteiger partial charge in [0, 0.05) is 6.92 Å². The molecular formula is C6H13NO3. The van der Waals surface area contributed by atoms with E-state index in [1.54, 1.807) is 0 Å². The lowest BCUT2D eigenvalue weighted by atomic mass is 10.2.